The Balaban J connectivity index is 1.34. The molecule has 1 aromatic carbocycles. The summed E-state index contributed by atoms with van der Waals surface area (Å²) >= 11 is 0. The molecule has 0 saturated carbocycles. The molecule has 1 fully saturated rings. The zero-order chi connectivity index (χ0) is 20.7. The van der Waals surface area contributed by atoms with Crippen LogP contribution in [0, 0.1) is 6.92 Å². The second-order valence-electron chi connectivity index (χ2n) is 7.89. The molecule has 30 heavy (non-hydrogen) atoms. The van der Waals surface area contributed by atoms with E-state index in [4.69, 9.17) is 0 Å². The van der Waals surface area contributed by atoms with E-state index in [1.807, 2.05) is 24.0 Å². The van der Waals surface area contributed by atoms with Crippen LogP contribution < -0.4 is 5.56 Å². The molecule has 0 spiro atoms. The lowest BCUT2D eigenvalue weighted by atomic mass is 9.89. The number of hydrogen-bond acceptors (Lipinski definition) is 4. The van der Waals surface area contributed by atoms with Crippen LogP contribution in [0.2, 0.25) is 0 Å². The summed E-state index contributed by atoms with van der Waals surface area (Å²) in [5, 5.41) is 4.35. The number of carbonyl (C=O) groups is 1. The Hall–Kier alpha value is -3.48. The summed E-state index contributed by atoms with van der Waals surface area (Å²) in [6.07, 6.45) is 7.82. The van der Waals surface area contributed by atoms with Crippen molar-refractivity contribution < 1.29 is 4.79 Å². The predicted octanol–water partition coefficient (Wildman–Crippen LogP) is 2.85. The molecule has 0 atom stereocenters. The van der Waals surface area contributed by atoms with Gasteiger partial charge in [0.2, 0.25) is 5.95 Å². The van der Waals surface area contributed by atoms with Crippen LogP contribution in [-0.2, 0) is 6.42 Å². The molecule has 0 bridgehead atoms. The molecule has 3 aromatic rings. The van der Waals surface area contributed by atoms with E-state index in [9.17, 15) is 9.59 Å². The zero-order valence-electron chi connectivity index (χ0n) is 16.8. The lowest BCUT2D eigenvalue weighted by Gasteiger charge is -2.32. The van der Waals surface area contributed by atoms with Crippen molar-refractivity contribution in [3.05, 3.63) is 81.0 Å². The number of amides is 1. The summed E-state index contributed by atoms with van der Waals surface area (Å²) in [7, 11) is 0. The Morgan fingerprint density at radius 2 is 1.93 bits per heavy atom. The van der Waals surface area contributed by atoms with E-state index in [1.54, 1.807) is 17.0 Å². The largest absolute Gasteiger partial charge is 0.338 e. The molecule has 1 N–H and O–H groups in total. The van der Waals surface area contributed by atoms with Gasteiger partial charge in [0.25, 0.3) is 11.5 Å². The number of benzene rings is 1. The van der Waals surface area contributed by atoms with Crippen molar-refractivity contribution in [2.75, 3.05) is 13.1 Å². The van der Waals surface area contributed by atoms with Crippen molar-refractivity contribution in [3.63, 3.8) is 0 Å². The highest BCUT2D eigenvalue weighted by Gasteiger charge is 2.27. The molecule has 7 nitrogen and oxygen atoms in total. The first kappa shape index (κ1) is 18.5. The van der Waals surface area contributed by atoms with Gasteiger partial charge in [-0.05, 0) is 31.2 Å². The highest BCUT2D eigenvalue weighted by Crippen LogP contribution is 2.28. The molecule has 7 heteroatoms. The van der Waals surface area contributed by atoms with Crippen molar-refractivity contribution in [2.24, 2.45) is 0 Å². The van der Waals surface area contributed by atoms with Gasteiger partial charge >= 0.3 is 0 Å². The Kier molecular flexibility index (Phi) is 4.58. The molecular formula is C23H23N5O2. The Bertz CT molecular complexity index is 1180. The fraction of sp³-hybridized carbons (Fsp3) is 0.304. The lowest BCUT2D eigenvalue weighted by Crippen LogP contribution is -2.38. The summed E-state index contributed by atoms with van der Waals surface area (Å²) in [4.78, 5) is 34.6. The zero-order valence-corrected chi connectivity index (χ0v) is 16.8. The summed E-state index contributed by atoms with van der Waals surface area (Å²) in [6, 6.07) is 10.5. The van der Waals surface area contributed by atoms with Crippen molar-refractivity contribution >= 4 is 12.0 Å². The Labute approximate surface area is 174 Å². The maximum absolute atomic E-state index is 13.1. The first-order valence-corrected chi connectivity index (χ1v) is 10.3. The molecule has 0 unspecified atom stereocenters. The van der Waals surface area contributed by atoms with Gasteiger partial charge < -0.3 is 4.90 Å². The SMILES string of the molecule is Cc1c(C(=O)N2CCC(c3ccccc3)CC2)cnn1-c1nc2c(c(=O)[nH]1)C=CC2. The van der Waals surface area contributed by atoms with Crippen molar-refractivity contribution in [1.29, 1.82) is 0 Å². The molecule has 2 aliphatic rings. The van der Waals surface area contributed by atoms with Crippen LogP contribution >= 0.6 is 0 Å². The number of carbonyl (C=O) groups excluding carboxylic acids is 1. The van der Waals surface area contributed by atoms with Gasteiger partial charge in [0.1, 0.15) is 0 Å². The van der Waals surface area contributed by atoms with Crippen LogP contribution in [-0.4, -0.2) is 43.6 Å². The minimum atomic E-state index is -0.186. The van der Waals surface area contributed by atoms with Gasteiger partial charge in [-0.15, -0.1) is 0 Å². The molecule has 2 aromatic heterocycles. The first-order valence-electron chi connectivity index (χ1n) is 10.3. The third kappa shape index (κ3) is 3.16. The number of nitrogens with zero attached hydrogens (tertiary/aromatic N) is 4. The topological polar surface area (TPSA) is 83.9 Å². The van der Waals surface area contributed by atoms with E-state index in [0.717, 1.165) is 31.6 Å². The first-order chi connectivity index (χ1) is 14.6. The van der Waals surface area contributed by atoms with Crippen molar-refractivity contribution in [3.8, 4) is 5.95 Å². The normalized spacial score (nSPS) is 16.1. The number of piperidine rings is 1. The molecule has 1 amide bonds. The molecule has 3 heterocycles. The Morgan fingerprint density at radius 3 is 2.70 bits per heavy atom. The second kappa shape index (κ2) is 7.40. The van der Waals surface area contributed by atoms with E-state index >= 15 is 0 Å². The lowest BCUT2D eigenvalue weighted by molar-refractivity contribution is 0.0712. The average Bonchev–Trinajstić information content (AvgIpc) is 3.41. The third-order valence-corrected chi connectivity index (χ3v) is 6.11. The monoisotopic (exact) mass is 401 g/mol. The molecule has 1 aliphatic carbocycles. The number of likely N-dealkylation sites (tertiary alicyclic amines) is 1. The van der Waals surface area contributed by atoms with Gasteiger partial charge in [0, 0.05) is 19.5 Å². The molecule has 152 valence electrons. The van der Waals surface area contributed by atoms with Crippen molar-refractivity contribution in [2.45, 2.75) is 32.1 Å². The maximum atomic E-state index is 13.1. The van der Waals surface area contributed by atoms with E-state index in [2.05, 4.69) is 39.3 Å². The summed E-state index contributed by atoms with van der Waals surface area (Å²) < 4.78 is 1.55. The van der Waals surface area contributed by atoms with Gasteiger partial charge in [0.05, 0.1) is 28.7 Å². The van der Waals surface area contributed by atoms with Gasteiger partial charge in [0.15, 0.2) is 0 Å². The van der Waals surface area contributed by atoms with E-state index < -0.39 is 0 Å². The minimum Gasteiger partial charge on any atom is -0.338 e. The predicted molar refractivity (Wildman–Crippen MR) is 114 cm³/mol. The van der Waals surface area contributed by atoms with E-state index in [1.165, 1.54) is 5.56 Å². The average molecular weight is 401 g/mol. The fourth-order valence-corrected chi connectivity index (χ4v) is 4.38. The van der Waals surface area contributed by atoms with Crippen LogP contribution in [0.1, 0.15) is 51.6 Å². The minimum absolute atomic E-state index is 0.0181. The number of fused-ring (bicyclic) bond motifs is 1. The van der Waals surface area contributed by atoms with Crippen LogP contribution in [0.4, 0.5) is 0 Å². The van der Waals surface area contributed by atoms with Gasteiger partial charge in [-0.25, -0.2) is 9.67 Å². The number of rotatable bonds is 3. The third-order valence-electron chi connectivity index (χ3n) is 6.11. The van der Waals surface area contributed by atoms with Crippen LogP contribution in [0.25, 0.3) is 12.0 Å². The van der Waals surface area contributed by atoms with Crippen LogP contribution in [0.5, 0.6) is 0 Å². The summed E-state index contributed by atoms with van der Waals surface area (Å²) in [5.74, 6) is 0.825. The number of H-pyrrole nitrogens is 1. The van der Waals surface area contributed by atoms with Gasteiger partial charge in [-0.1, -0.05) is 42.5 Å². The number of aromatic nitrogens is 4. The summed E-state index contributed by atoms with van der Waals surface area (Å²) in [5.41, 5.74) is 3.72. The standard InChI is InChI=1S/C23H23N5O2/c1-15-19(14-24-28(15)23-25-20-9-5-8-18(20)21(29)26-23)22(30)27-12-10-17(11-13-27)16-6-3-2-4-7-16/h2-8,14,17H,9-13H2,1H3,(H,25,26,29). The smallest absolute Gasteiger partial charge is 0.259 e. The highest BCUT2D eigenvalue weighted by atomic mass is 16.2. The number of nitrogens with one attached hydrogen (secondary N) is 1. The van der Waals surface area contributed by atoms with Crippen LogP contribution in [0.3, 0.4) is 0 Å². The van der Waals surface area contributed by atoms with E-state index in [0.29, 0.717) is 35.1 Å². The van der Waals surface area contributed by atoms with Crippen LogP contribution in [0.15, 0.2) is 47.4 Å². The molecule has 0 radical (unpaired) electrons. The fourth-order valence-electron chi connectivity index (χ4n) is 4.38. The molecule has 5 rings (SSSR count). The highest BCUT2D eigenvalue weighted by molar-refractivity contribution is 5.95. The number of allylic oxidation sites excluding steroid dienone is 1. The molecule has 1 aliphatic heterocycles. The molecular weight excluding hydrogens is 378 g/mol. The van der Waals surface area contributed by atoms with Gasteiger partial charge in [-0.2, -0.15) is 5.10 Å². The quantitative estimate of drug-likeness (QED) is 0.731. The number of hydrogen-bond donors (Lipinski definition) is 1. The Morgan fingerprint density at radius 1 is 1.17 bits per heavy atom. The molecule has 1 saturated heterocycles. The maximum Gasteiger partial charge on any atom is 0.259 e. The summed E-state index contributed by atoms with van der Waals surface area (Å²) in [6.45, 7) is 3.29. The van der Waals surface area contributed by atoms with Crippen molar-refractivity contribution in [1.82, 2.24) is 24.6 Å². The second-order valence-corrected chi connectivity index (χ2v) is 7.89. The van der Waals surface area contributed by atoms with Gasteiger partial charge in [-0.3, -0.25) is 14.6 Å². The van der Waals surface area contributed by atoms with E-state index in [-0.39, 0.29) is 11.5 Å². The number of aromatic amines is 1.